The van der Waals surface area contributed by atoms with Gasteiger partial charge in [-0.1, -0.05) is 23.7 Å². The summed E-state index contributed by atoms with van der Waals surface area (Å²) in [6.45, 7) is 3.96. The number of methoxy groups -OCH3 is 2. The topological polar surface area (TPSA) is 68.8 Å². The monoisotopic (exact) mass is 378 g/mol. The van der Waals surface area contributed by atoms with E-state index in [9.17, 15) is 4.79 Å². The van der Waals surface area contributed by atoms with Gasteiger partial charge in [-0.2, -0.15) is 0 Å². The molecule has 0 saturated carbocycles. The average Bonchev–Trinajstić information content (AvgIpc) is 2.61. The van der Waals surface area contributed by atoms with Crippen LogP contribution in [0.5, 0.6) is 17.2 Å². The molecule has 26 heavy (non-hydrogen) atoms. The molecule has 0 saturated heterocycles. The van der Waals surface area contributed by atoms with Crippen molar-refractivity contribution in [2.45, 2.75) is 20.0 Å². The van der Waals surface area contributed by atoms with E-state index >= 15 is 0 Å². The number of anilines is 2. The molecule has 1 amide bonds. The minimum atomic E-state index is -0.243. The first-order valence-electron chi connectivity index (χ1n) is 8.15. The van der Waals surface area contributed by atoms with E-state index in [1.807, 2.05) is 38.1 Å². The molecule has 0 fully saturated rings. The summed E-state index contributed by atoms with van der Waals surface area (Å²) in [5, 5.41) is 6.27. The Morgan fingerprint density at radius 2 is 1.73 bits per heavy atom. The summed E-state index contributed by atoms with van der Waals surface area (Å²) in [7, 11) is 3.01. The van der Waals surface area contributed by atoms with Crippen LogP contribution in [0.25, 0.3) is 0 Å². The second-order valence-electron chi connectivity index (χ2n) is 5.75. The first kappa shape index (κ1) is 19.7. The van der Waals surface area contributed by atoms with E-state index in [0.29, 0.717) is 28.0 Å². The number of hydrogen-bond acceptors (Lipinski definition) is 5. The summed E-state index contributed by atoms with van der Waals surface area (Å²) in [6.07, 6.45) is 0.0394. The van der Waals surface area contributed by atoms with Crippen LogP contribution in [0.4, 0.5) is 11.4 Å². The van der Waals surface area contributed by atoms with E-state index in [2.05, 4.69) is 10.6 Å². The number of carbonyl (C=O) groups excluding carboxylic acids is 1. The van der Waals surface area contributed by atoms with Crippen LogP contribution in [0.15, 0.2) is 36.4 Å². The zero-order chi connectivity index (χ0) is 19.1. The van der Waals surface area contributed by atoms with Crippen LogP contribution >= 0.6 is 11.6 Å². The maximum Gasteiger partial charge on any atom is 0.243 e. The van der Waals surface area contributed by atoms with Crippen LogP contribution in [0, 0.1) is 0 Å². The molecule has 0 unspecified atom stereocenters. The molecule has 0 aliphatic heterocycles. The lowest BCUT2D eigenvalue weighted by Crippen LogP contribution is -2.22. The van der Waals surface area contributed by atoms with Crippen LogP contribution in [-0.4, -0.2) is 32.8 Å². The van der Waals surface area contributed by atoms with Crippen molar-refractivity contribution < 1.29 is 19.0 Å². The molecule has 0 aliphatic carbocycles. The van der Waals surface area contributed by atoms with E-state index in [1.165, 1.54) is 14.2 Å². The number of nitrogens with one attached hydrogen (secondary N) is 2. The van der Waals surface area contributed by atoms with E-state index in [-0.39, 0.29) is 18.6 Å². The van der Waals surface area contributed by atoms with Crippen LogP contribution in [0.1, 0.15) is 13.8 Å². The third-order valence-corrected chi connectivity index (χ3v) is 3.73. The van der Waals surface area contributed by atoms with Gasteiger partial charge >= 0.3 is 0 Å². The fourth-order valence-corrected chi connectivity index (χ4v) is 2.53. The predicted molar refractivity (Wildman–Crippen MR) is 104 cm³/mol. The maximum absolute atomic E-state index is 12.3. The van der Waals surface area contributed by atoms with Gasteiger partial charge in [0.2, 0.25) is 5.91 Å². The molecule has 0 bridgehead atoms. The van der Waals surface area contributed by atoms with Gasteiger partial charge in [0.05, 0.1) is 43.3 Å². The molecule has 2 N–H and O–H groups in total. The lowest BCUT2D eigenvalue weighted by Gasteiger charge is -2.16. The SMILES string of the molecule is COc1cc(NC(=O)CNc2ccccc2OC(C)C)c(OC)cc1Cl. The van der Waals surface area contributed by atoms with E-state index in [4.69, 9.17) is 25.8 Å². The second kappa shape index (κ2) is 9.20. The van der Waals surface area contributed by atoms with E-state index in [0.717, 1.165) is 5.69 Å². The van der Waals surface area contributed by atoms with Gasteiger partial charge < -0.3 is 24.8 Å². The van der Waals surface area contributed by atoms with Crippen molar-refractivity contribution in [3.05, 3.63) is 41.4 Å². The fourth-order valence-electron chi connectivity index (χ4n) is 2.30. The molecule has 6 nitrogen and oxygen atoms in total. The number of amides is 1. The van der Waals surface area contributed by atoms with Crippen molar-refractivity contribution in [3.63, 3.8) is 0 Å². The van der Waals surface area contributed by atoms with Gasteiger partial charge in [0.25, 0.3) is 0 Å². The lowest BCUT2D eigenvalue weighted by molar-refractivity contribution is -0.114. The summed E-state index contributed by atoms with van der Waals surface area (Å²) in [5.74, 6) is 1.35. The highest BCUT2D eigenvalue weighted by atomic mass is 35.5. The van der Waals surface area contributed by atoms with Crippen molar-refractivity contribution >= 4 is 28.9 Å². The number of halogens is 1. The second-order valence-corrected chi connectivity index (χ2v) is 6.16. The Hall–Kier alpha value is -2.60. The van der Waals surface area contributed by atoms with Crippen LogP contribution < -0.4 is 24.8 Å². The molecule has 2 aromatic carbocycles. The van der Waals surface area contributed by atoms with E-state index in [1.54, 1.807) is 12.1 Å². The van der Waals surface area contributed by atoms with E-state index < -0.39 is 0 Å². The number of para-hydroxylation sites is 2. The highest BCUT2D eigenvalue weighted by Crippen LogP contribution is 2.35. The highest BCUT2D eigenvalue weighted by molar-refractivity contribution is 6.32. The first-order chi connectivity index (χ1) is 12.4. The van der Waals surface area contributed by atoms with Crippen LogP contribution in [0.2, 0.25) is 5.02 Å². The minimum Gasteiger partial charge on any atom is -0.495 e. The fraction of sp³-hybridized carbons (Fsp3) is 0.316. The molecule has 0 spiro atoms. The smallest absolute Gasteiger partial charge is 0.243 e. The normalized spacial score (nSPS) is 10.4. The Labute approximate surface area is 158 Å². The molecule has 0 atom stereocenters. The summed E-state index contributed by atoms with van der Waals surface area (Å²) < 4.78 is 16.2. The van der Waals surface area contributed by atoms with Gasteiger partial charge in [0, 0.05) is 12.1 Å². The zero-order valence-electron chi connectivity index (χ0n) is 15.3. The zero-order valence-corrected chi connectivity index (χ0v) is 16.0. The number of hydrogen-bond donors (Lipinski definition) is 2. The van der Waals surface area contributed by atoms with Crippen molar-refractivity contribution in [1.82, 2.24) is 0 Å². The van der Waals surface area contributed by atoms with Gasteiger partial charge in [-0.25, -0.2) is 0 Å². The molecule has 0 aromatic heterocycles. The van der Waals surface area contributed by atoms with Crippen LogP contribution in [0.3, 0.4) is 0 Å². The van der Waals surface area contributed by atoms with Gasteiger partial charge in [0.1, 0.15) is 17.2 Å². The Balaban J connectivity index is 2.06. The molecule has 2 rings (SSSR count). The molecule has 140 valence electrons. The first-order valence-corrected chi connectivity index (χ1v) is 8.53. The number of rotatable bonds is 8. The summed E-state index contributed by atoms with van der Waals surface area (Å²) in [5.41, 5.74) is 1.23. The molecular weight excluding hydrogens is 356 g/mol. The van der Waals surface area contributed by atoms with Crippen molar-refractivity contribution in [1.29, 1.82) is 0 Å². The molecule has 0 aliphatic rings. The standard InChI is InChI=1S/C19H23ClN2O4/c1-12(2)26-16-8-6-5-7-14(16)21-11-19(23)22-15-10-17(24-3)13(20)9-18(15)25-4/h5-10,12,21H,11H2,1-4H3,(H,22,23). The quantitative estimate of drug-likeness (QED) is 0.720. The van der Waals surface area contributed by atoms with Crippen molar-refractivity contribution in [2.24, 2.45) is 0 Å². The predicted octanol–water partition coefficient (Wildman–Crippen LogP) is 4.20. The third-order valence-electron chi connectivity index (χ3n) is 3.44. The largest absolute Gasteiger partial charge is 0.495 e. The lowest BCUT2D eigenvalue weighted by atomic mass is 10.2. The van der Waals surface area contributed by atoms with Crippen molar-refractivity contribution in [2.75, 3.05) is 31.4 Å². The highest BCUT2D eigenvalue weighted by Gasteiger charge is 2.13. The summed E-state index contributed by atoms with van der Waals surface area (Å²) in [6, 6.07) is 10.7. The van der Waals surface area contributed by atoms with Crippen LogP contribution in [-0.2, 0) is 4.79 Å². The summed E-state index contributed by atoms with van der Waals surface area (Å²) in [4.78, 5) is 12.3. The Morgan fingerprint density at radius 1 is 1.04 bits per heavy atom. The molecule has 0 radical (unpaired) electrons. The molecule has 7 heteroatoms. The molecule has 2 aromatic rings. The number of benzene rings is 2. The summed E-state index contributed by atoms with van der Waals surface area (Å²) >= 11 is 6.07. The minimum absolute atomic E-state index is 0.0394. The average molecular weight is 379 g/mol. The van der Waals surface area contributed by atoms with Gasteiger partial charge in [-0.05, 0) is 26.0 Å². The Morgan fingerprint density at radius 3 is 2.38 bits per heavy atom. The number of ether oxygens (including phenoxy) is 3. The molecular formula is C19H23ClN2O4. The number of carbonyl (C=O) groups is 1. The Bertz CT molecular complexity index is 765. The maximum atomic E-state index is 12.3. The molecule has 0 heterocycles. The van der Waals surface area contributed by atoms with Gasteiger partial charge in [-0.15, -0.1) is 0 Å². The Kier molecular flexibility index (Phi) is 6.97. The van der Waals surface area contributed by atoms with Gasteiger partial charge in [-0.3, -0.25) is 4.79 Å². The van der Waals surface area contributed by atoms with Gasteiger partial charge in [0.15, 0.2) is 0 Å². The van der Waals surface area contributed by atoms with Crippen molar-refractivity contribution in [3.8, 4) is 17.2 Å². The third kappa shape index (κ3) is 5.20.